The van der Waals surface area contributed by atoms with Gasteiger partial charge in [-0.05, 0) is 0 Å². The zero-order valence-corrected chi connectivity index (χ0v) is 12.5. The number of rotatable bonds is 4. The van der Waals surface area contributed by atoms with Crippen molar-refractivity contribution in [2.24, 2.45) is 0 Å². The van der Waals surface area contributed by atoms with Gasteiger partial charge in [-0.1, -0.05) is 20.8 Å². The Morgan fingerprint density at radius 2 is 2.00 bits per heavy atom. The SMILES string of the molecule is CC(C)(C)SCC(=O)N[C@H]1CC(=O)N(CC(F)(F)F)C1. The Labute approximate surface area is 120 Å². The molecule has 20 heavy (non-hydrogen) atoms. The molecule has 1 fully saturated rings. The summed E-state index contributed by atoms with van der Waals surface area (Å²) in [4.78, 5) is 23.8. The molecule has 0 aromatic carbocycles. The van der Waals surface area contributed by atoms with Crippen LogP contribution in [0.25, 0.3) is 0 Å². The normalized spacial score (nSPS) is 20.4. The highest BCUT2D eigenvalue weighted by atomic mass is 32.2. The number of thioether (sulfide) groups is 1. The van der Waals surface area contributed by atoms with Gasteiger partial charge in [0.1, 0.15) is 6.54 Å². The van der Waals surface area contributed by atoms with Gasteiger partial charge < -0.3 is 10.2 Å². The quantitative estimate of drug-likeness (QED) is 0.861. The molecule has 1 N–H and O–H groups in total. The second-order valence-corrected chi connectivity index (χ2v) is 7.56. The van der Waals surface area contributed by atoms with Crippen LogP contribution in [0.2, 0.25) is 0 Å². The lowest BCUT2D eigenvalue weighted by Crippen LogP contribution is -2.40. The van der Waals surface area contributed by atoms with Gasteiger partial charge in [-0.3, -0.25) is 9.59 Å². The van der Waals surface area contributed by atoms with E-state index in [1.54, 1.807) is 0 Å². The summed E-state index contributed by atoms with van der Waals surface area (Å²) in [5.74, 6) is -0.597. The summed E-state index contributed by atoms with van der Waals surface area (Å²) in [5, 5.41) is 2.61. The van der Waals surface area contributed by atoms with E-state index in [-0.39, 0.29) is 29.4 Å². The molecule has 0 unspecified atom stereocenters. The molecule has 0 radical (unpaired) electrons. The molecule has 0 saturated carbocycles. The minimum absolute atomic E-state index is 0.0643. The molecule has 0 bridgehead atoms. The molecule has 0 aromatic heterocycles. The fraction of sp³-hybridized carbons (Fsp3) is 0.833. The largest absolute Gasteiger partial charge is 0.406 e. The summed E-state index contributed by atoms with van der Waals surface area (Å²) >= 11 is 1.45. The van der Waals surface area contributed by atoms with Crippen molar-refractivity contribution in [1.29, 1.82) is 0 Å². The molecular formula is C12H19F3N2O2S. The van der Waals surface area contributed by atoms with Gasteiger partial charge in [0.15, 0.2) is 0 Å². The lowest BCUT2D eigenvalue weighted by atomic mass is 10.2. The Kier molecular flexibility index (Phi) is 5.34. The molecular weight excluding hydrogens is 293 g/mol. The third kappa shape index (κ3) is 6.49. The Hall–Kier alpha value is -0.920. The van der Waals surface area contributed by atoms with E-state index in [1.807, 2.05) is 20.8 Å². The van der Waals surface area contributed by atoms with Crippen LogP contribution in [0.5, 0.6) is 0 Å². The minimum Gasteiger partial charge on any atom is -0.350 e. The van der Waals surface area contributed by atoms with Gasteiger partial charge in [0.2, 0.25) is 11.8 Å². The molecule has 4 nitrogen and oxygen atoms in total. The van der Waals surface area contributed by atoms with Gasteiger partial charge in [-0.2, -0.15) is 13.2 Å². The van der Waals surface area contributed by atoms with Crippen molar-refractivity contribution in [3.05, 3.63) is 0 Å². The van der Waals surface area contributed by atoms with Crippen molar-refractivity contribution in [3.63, 3.8) is 0 Å². The summed E-state index contributed by atoms with van der Waals surface area (Å²) in [5.41, 5.74) is 0. The number of likely N-dealkylation sites (tertiary alicyclic amines) is 1. The zero-order chi connectivity index (χ0) is 15.6. The van der Waals surface area contributed by atoms with Crippen LogP contribution >= 0.6 is 11.8 Å². The summed E-state index contributed by atoms with van der Waals surface area (Å²) < 4.78 is 36.6. The van der Waals surface area contributed by atoms with Crippen molar-refractivity contribution >= 4 is 23.6 Å². The monoisotopic (exact) mass is 312 g/mol. The van der Waals surface area contributed by atoms with Gasteiger partial charge in [0.25, 0.3) is 0 Å². The number of alkyl halides is 3. The minimum atomic E-state index is -4.41. The van der Waals surface area contributed by atoms with Crippen molar-refractivity contribution < 1.29 is 22.8 Å². The van der Waals surface area contributed by atoms with Gasteiger partial charge >= 0.3 is 6.18 Å². The van der Waals surface area contributed by atoms with Crippen LogP contribution in [-0.4, -0.2) is 52.5 Å². The molecule has 1 saturated heterocycles. The molecule has 116 valence electrons. The highest BCUT2D eigenvalue weighted by Gasteiger charge is 2.38. The second-order valence-electron chi connectivity index (χ2n) is 5.76. The van der Waals surface area contributed by atoms with E-state index in [0.717, 1.165) is 4.90 Å². The van der Waals surface area contributed by atoms with E-state index in [2.05, 4.69) is 5.32 Å². The van der Waals surface area contributed by atoms with E-state index >= 15 is 0 Å². The molecule has 0 aliphatic carbocycles. The molecule has 1 aliphatic heterocycles. The number of halogens is 3. The van der Waals surface area contributed by atoms with E-state index < -0.39 is 24.7 Å². The topological polar surface area (TPSA) is 49.4 Å². The van der Waals surface area contributed by atoms with Crippen LogP contribution < -0.4 is 5.32 Å². The van der Waals surface area contributed by atoms with Crippen LogP contribution in [0.4, 0.5) is 13.2 Å². The summed E-state index contributed by atoms with van der Waals surface area (Å²) in [6.45, 7) is 4.57. The van der Waals surface area contributed by atoms with E-state index in [1.165, 1.54) is 11.8 Å². The van der Waals surface area contributed by atoms with E-state index in [0.29, 0.717) is 0 Å². The Morgan fingerprint density at radius 1 is 1.40 bits per heavy atom. The van der Waals surface area contributed by atoms with Crippen molar-refractivity contribution in [1.82, 2.24) is 10.2 Å². The first-order valence-electron chi connectivity index (χ1n) is 6.24. The van der Waals surface area contributed by atoms with Crippen molar-refractivity contribution in [2.45, 2.75) is 44.2 Å². The third-order valence-corrected chi connectivity index (χ3v) is 3.86. The molecule has 0 spiro atoms. The van der Waals surface area contributed by atoms with Crippen molar-refractivity contribution in [3.8, 4) is 0 Å². The fourth-order valence-corrected chi connectivity index (χ4v) is 2.44. The highest BCUT2D eigenvalue weighted by molar-refractivity contribution is 8.01. The number of nitrogens with one attached hydrogen (secondary N) is 1. The molecule has 1 rings (SSSR count). The van der Waals surface area contributed by atoms with Gasteiger partial charge in [0, 0.05) is 17.7 Å². The van der Waals surface area contributed by atoms with E-state index in [9.17, 15) is 22.8 Å². The second kappa shape index (κ2) is 6.24. The molecule has 0 aromatic rings. The zero-order valence-electron chi connectivity index (χ0n) is 11.7. The Bertz CT molecular complexity index is 380. The van der Waals surface area contributed by atoms with Crippen LogP contribution in [-0.2, 0) is 9.59 Å². The van der Waals surface area contributed by atoms with Crippen LogP contribution in [0.3, 0.4) is 0 Å². The number of hydrogen-bond acceptors (Lipinski definition) is 3. The summed E-state index contributed by atoms with van der Waals surface area (Å²) in [7, 11) is 0. The first-order chi connectivity index (χ1) is 8.96. The molecule has 2 amide bonds. The number of nitrogens with zero attached hydrogens (tertiary/aromatic N) is 1. The molecule has 1 atom stereocenters. The number of carbonyl (C=O) groups is 2. The number of hydrogen-bond donors (Lipinski definition) is 1. The lowest BCUT2D eigenvalue weighted by molar-refractivity contribution is -0.157. The van der Waals surface area contributed by atoms with Gasteiger partial charge in [-0.15, -0.1) is 11.8 Å². The van der Waals surface area contributed by atoms with Gasteiger partial charge in [0.05, 0.1) is 11.8 Å². The average Bonchev–Trinajstić information content (AvgIpc) is 2.52. The molecule has 8 heteroatoms. The number of amides is 2. The van der Waals surface area contributed by atoms with E-state index in [4.69, 9.17) is 0 Å². The Morgan fingerprint density at radius 3 is 2.50 bits per heavy atom. The highest BCUT2D eigenvalue weighted by Crippen LogP contribution is 2.23. The van der Waals surface area contributed by atoms with Crippen LogP contribution in [0.15, 0.2) is 0 Å². The maximum absolute atomic E-state index is 12.2. The van der Waals surface area contributed by atoms with Crippen LogP contribution in [0.1, 0.15) is 27.2 Å². The molecule has 1 aliphatic rings. The standard InChI is InChI=1S/C12H19F3N2O2S/c1-11(2,3)20-6-9(18)16-8-4-10(19)17(5-8)7-12(13,14)15/h8H,4-7H2,1-3H3,(H,16,18)/t8-/m0/s1. The predicted octanol–water partition coefficient (Wildman–Crippen LogP) is 1.80. The first-order valence-corrected chi connectivity index (χ1v) is 7.23. The summed E-state index contributed by atoms with van der Waals surface area (Å²) in [6, 6.07) is -0.530. The maximum atomic E-state index is 12.2. The first kappa shape index (κ1) is 17.1. The summed E-state index contributed by atoms with van der Waals surface area (Å²) in [6.07, 6.45) is -4.47. The number of carbonyl (C=O) groups excluding carboxylic acids is 2. The predicted molar refractivity (Wildman–Crippen MR) is 71.4 cm³/mol. The average molecular weight is 312 g/mol. The maximum Gasteiger partial charge on any atom is 0.406 e. The lowest BCUT2D eigenvalue weighted by Gasteiger charge is -2.20. The molecule has 1 heterocycles. The smallest absolute Gasteiger partial charge is 0.350 e. The Balaban J connectivity index is 2.40. The van der Waals surface area contributed by atoms with Gasteiger partial charge in [-0.25, -0.2) is 0 Å². The van der Waals surface area contributed by atoms with Crippen molar-refractivity contribution in [2.75, 3.05) is 18.8 Å². The fourth-order valence-electron chi connectivity index (χ4n) is 1.79. The third-order valence-electron chi connectivity index (χ3n) is 2.59. The van der Waals surface area contributed by atoms with Crippen LogP contribution in [0, 0.1) is 0 Å².